The van der Waals surface area contributed by atoms with Gasteiger partial charge in [0.2, 0.25) is 0 Å². The molecule has 1 aliphatic heterocycles. The third kappa shape index (κ3) is 5.90. The van der Waals surface area contributed by atoms with Gasteiger partial charge in [-0.25, -0.2) is 0 Å². The molecule has 7 fully saturated rings. The number of carbonyl (C=O) groups is 1. The van der Waals surface area contributed by atoms with Crippen molar-refractivity contribution in [3.63, 3.8) is 0 Å². The topological polar surface area (TPSA) is 57.5 Å². The molecule has 0 radical (unpaired) electrons. The summed E-state index contributed by atoms with van der Waals surface area (Å²) in [5, 5.41) is 22.5. The highest BCUT2D eigenvalue weighted by Gasteiger charge is 2.66. The largest absolute Gasteiger partial charge is 0.377 e. The molecule has 0 bridgehead atoms. The van der Waals surface area contributed by atoms with Gasteiger partial charge in [0.05, 0.1) is 4.08 Å². The number of allylic oxidation sites excluding steroid dienone is 4. The van der Waals surface area contributed by atoms with Crippen molar-refractivity contribution in [1.82, 2.24) is 0 Å². The summed E-state index contributed by atoms with van der Waals surface area (Å²) in [6, 6.07) is 0. The van der Waals surface area contributed by atoms with E-state index in [1.54, 1.807) is 5.57 Å². The third-order valence-electron chi connectivity index (χ3n) is 16.8. The molecule has 12 atom stereocenters. The fourth-order valence-electron chi connectivity index (χ4n) is 14.6. The van der Waals surface area contributed by atoms with E-state index in [0.29, 0.717) is 63.6 Å². The van der Waals surface area contributed by atoms with Crippen molar-refractivity contribution in [1.29, 1.82) is 0 Å². The maximum absolute atomic E-state index is 11.8. The number of hydrogen-bond donors (Lipinski definition) is 2. The Kier molecular flexibility index (Phi) is 11.4. The van der Waals surface area contributed by atoms with Gasteiger partial charge in [0.15, 0.2) is 5.78 Å². The van der Waals surface area contributed by atoms with Gasteiger partial charge < -0.3 is 10.2 Å². The second-order valence-electron chi connectivity index (χ2n) is 18.1. The first kappa shape index (κ1) is 41.0. The molecule has 1 spiro atoms. The predicted molar refractivity (Wildman–Crippen MR) is 226 cm³/mol. The molecule has 6 saturated carbocycles. The minimum absolute atomic E-state index is 0. The second-order valence-corrected chi connectivity index (χ2v) is 21.3. The van der Waals surface area contributed by atoms with Crippen LogP contribution in [-0.2, 0) is 4.79 Å². The molecule has 5 heteroatoms. The Balaban J connectivity index is 0.000000176. The SMILES string of the molecule is C.C.C#C[C@]1(O)CCC2C3CCC4=CC(=O)CCC4C3C(=C)C[C@@]21CC.C#C[C@]1(O)CCC2C3CCC4=CC5(CCC4C3C(=C)C[C@@]21CC)SCCS5. The molecule has 0 amide bonds. The molecule has 1 heterocycles. The minimum atomic E-state index is -0.973. The highest BCUT2D eigenvalue weighted by Crippen LogP contribution is 2.69. The minimum Gasteiger partial charge on any atom is -0.377 e. The monoisotopic (exact) mass is 756 g/mol. The maximum Gasteiger partial charge on any atom is 0.155 e. The normalized spacial score (nSPS) is 45.7. The molecule has 9 aliphatic rings. The summed E-state index contributed by atoms with van der Waals surface area (Å²) in [5.41, 5.74) is 3.55. The number of carbonyl (C=O) groups excluding carboxylic acids is 1. The van der Waals surface area contributed by atoms with Crippen molar-refractivity contribution in [2.45, 2.75) is 147 Å². The Hall–Kier alpha value is -1.63. The van der Waals surface area contributed by atoms with Crippen LogP contribution < -0.4 is 0 Å². The molecule has 53 heavy (non-hydrogen) atoms. The van der Waals surface area contributed by atoms with E-state index in [0.717, 1.165) is 70.6 Å². The Labute approximate surface area is 331 Å². The summed E-state index contributed by atoms with van der Waals surface area (Å²) in [4.78, 5) is 11.8. The zero-order valence-corrected chi connectivity index (χ0v) is 32.8. The van der Waals surface area contributed by atoms with Crippen LogP contribution in [0.2, 0.25) is 0 Å². The van der Waals surface area contributed by atoms with Gasteiger partial charge in [-0.1, -0.05) is 82.1 Å². The van der Waals surface area contributed by atoms with Crippen molar-refractivity contribution < 1.29 is 15.0 Å². The predicted octanol–water partition coefficient (Wildman–Crippen LogP) is 11.0. The lowest BCUT2D eigenvalue weighted by molar-refractivity contribution is -0.116. The van der Waals surface area contributed by atoms with Gasteiger partial charge in [-0.05, 0) is 150 Å². The van der Waals surface area contributed by atoms with Gasteiger partial charge in [-0.3, -0.25) is 4.79 Å². The Morgan fingerprint density at radius 3 is 1.72 bits per heavy atom. The number of hydrogen-bond acceptors (Lipinski definition) is 5. The van der Waals surface area contributed by atoms with Crippen LogP contribution in [-0.4, -0.2) is 42.8 Å². The van der Waals surface area contributed by atoms with Crippen LogP contribution in [0.3, 0.4) is 0 Å². The second kappa shape index (κ2) is 14.7. The van der Waals surface area contributed by atoms with Crippen molar-refractivity contribution in [3.8, 4) is 24.7 Å². The van der Waals surface area contributed by atoms with Gasteiger partial charge >= 0.3 is 0 Å². The molecule has 0 aromatic carbocycles. The van der Waals surface area contributed by atoms with Crippen LogP contribution in [0.15, 0.2) is 47.6 Å². The van der Waals surface area contributed by atoms with Crippen molar-refractivity contribution in [2.24, 2.45) is 58.2 Å². The lowest BCUT2D eigenvalue weighted by Crippen LogP contribution is -2.54. The van der Waals surface area contributed by atoms with E-state index in [4.69, 9.17) is 12.8 Å². The number of rotatable bonds is 2. The van der Waals surface area contributed by atoms with E-state index in [1.165, 1.54) is 53.9 Å². The van der Waals surface area contributed by atoms with Crippen LogP contribution in [0.4, 0.5) is 0 Å². The van der Waals surface area contributed by atoms with E-state index in [9.17, 15) is 15.0 Å². The van der Waals surface area contributed by atoms with Gasteiger partial charge in [0.1, 0.15) is 11.2 Å². The summed E-state index contributed by atoms with van der Waals surface area (Å²) in [6.45, 7) is 13.5. The summed E-state index contributed by atoms with van der Waals surface area (Å²) in [5.74, 6) is 13.2. The molecule has 3 nitrogen and oxygen atoms in total. The van der Waals surface area contributed by atoms with E-state index in [-0.39, 0.29) is 25.7 Å². The van der Waals surface area contributed by atoms with E-state index < -0.39 is 11.2 Å². The molecule has 0 aromatic rings. The number of aliphatic hydroxyl groups is 2. The van der Waals surface area contributed by atoms with Crippen molar-refractivity contribution in [3.05, 3.63) is 47.6 Å². The molecule has 290 valence electrons. The summed E-state index contributed by atoms with van der Waals surface area (Å²) in [6.07, 6.45) is 32.6. The van der Waals surface area contributed by atoms with E-state index >= 15 is 0 Å². The fourth-order valence-corrected chi connectivity index (χ4v) is 17.8. The number of fused-ring (bicyclic) bond motifs is 10. The quantitative estimate of drug-likeness (QED) is 0.217. The number of thioether (sulfide) groups is 2. The lowest BCUT2D eigenvalue weighted by atomic mass is 9.48. The highest BCUT2D eigenvalue weighted by molar-refractivity contribution is 8.21. The van der Waals surface area contributed by atoms with Crippen molar-refractivity contribution >= 4 is 29.3 Å². The molecular weight excluding hydrogens is 689 g/mol. The summed E-state index contributed by atoms with van der Waals surface area (Å²) < 4.78 is 0.388. The fraction of sp³-hybridized carbons (Fsp3) is 0.729. The first-order valence-corrected chi connectivity index (χ1v) is 22.4. The smallest absolute Gasteiger partial charge is 0.155 e. The first-order chi connectivity index (χ1) is 24.4. The Morgan fingerprint density at radius 2 is 1.23 bits per heavy atom. The number of ketones is 1. The molecule has 8 unspecified atom stereocenters. The zero-order valence-electron chi connectivity index (χ0n) is 31.2. The lowest BCUT2D eigenvalue weighted by Gasteiger charge is -2.57. The molecule has 8 aliphatic carbocycles. The third-order valence-corrected chi connectivity index (χ3v) is 20.2. The van der Waals surface area contributed by atoms with Gasteiger partial charge in [-0.15, -0.1) is 36.4 Å². The Morgan fingerprint density at radius 1 is 0.736 bits per heavy atom. The van der Waals surface area contributed by atoms with E-state index in [2.05, 4.69) is 68.4 Å². The van der Waals surface area contributed by atoms with Crippen LogP contribution >= 0.6 is 23.5 Å². The molecular formula is C48H68O3S2. The number of terminal acetylenes is 2. The first-order valence-electron chi connectivity index (χ1n) is 20.4. The summed E-state index contributed by atoms with van der Waals surface area (Å²) >= 11 is 4.36. The van der Waals surface area contributed by atoms with Gasteiger partial charge in [-0.2, -0.15) is 0 Å². The Bertz CT molecular complexity index is 1640. The average molecular weight is 757 g/mol. The van der Waals surface area contributed by atoms with Crippen LogP contribution in [0.5, 0.6) is 0 Å². The molecule has 0 aromatic heterocycles. The van der Waals surface area contributed by atoms with Crippen LogP contribution in [0.25, 0.3) is 0 Å². The maximum atomic E-state index is 11.8. The van der Waals surface area contributed by atoms with Crippen LogP contribution in [0.1, 0.15) is 131 Å². The molecule has 9 rings (SSSR count). The highest BCUT2D eigenvalue weighted by atomic mass is 32.2. The van der Waals surface area contributed by atoms with E-state index in [1.807, 2.05) is 6.08 Å². The van der Waals surface area contributed by atoms with Gasteiger partial charge in [0, 0.05) is 28.8 Å². The average Bonchev–Trinajstić information content (AvgIpc) is 3.81. The van der Waals surface area contributed by atoms with Crippen molar-refractivity contribution in [2.75, 3.05) is 11.5 Å². The molecule has 1 saturated heterocycles. The standard InChI is InChI=1S/C24H32OS2.C22H28O2.2CH4/c1-4-22-14-16(3)21-18-8-11-24(26-12-13-27-24)15-17(18)6-7-19(21)20(22)9-10-23(22,25)5-2;1-4-21-13-14(3)20-17-9-7-16(23)12-15(17)6-8-18(20)19(21)10-11-22(21,24)5-2;;/h2,15,18-21,25H,3-4,6-14H2,1H3;2,12,17-20,24H,3-4,6-11,13H2,1H3;2*1H4/t18?,19?,20?,21?,22-,23-;17?,18?,19?,20?,21-,22-;;/m00../s1. The molecule has 2 N–H and O–H groups in total. The van der Waals surface area contributed by atoms with Gasteiger partial charge in [0.25, 0.3) is 0 Å². The zero-order chi connectivity index (χ0) is 36.0. The van der Waals surface area contributed by atoms with Crippen LogP contribution in [0, 0.1) is 82.9 Å². The summed E-state index contributed by atoms with van der Waals surface area (Å²) in [7, 11) is 0.